The van der Waals surface area contributed by atoms with Crippen LogP contribution in [0, 0.1) is 5.92 Å². The van der Waals surface area contributed by atoms with Gasteiger partial charge in [-0.1, -0.05) is 97.9 Å². The molecule has 0 radical (unpaired) electrons. The fourth-order valence-corrected chi connectivity index (χ4v) is 3.38. The summed E-state index contributed by atoms with van der Waals surface area (Å²) in [4.78, 5) is 0. The van der Waals surface area contributed by atoms with Gasteiger partial charge in [-0.15, -0.1) is 5.73 Å². The highest BCUT2D eigenvalue weighted by Crippen LogP contribution is 2.53. The van der Waals surface area contributed by atoms with Gasteiger partial charge in [0.2, 0.25) is 0 Å². The number of rotatable bonds is 3. The second-order valence-electron chi connectivity index (χ2n) is 6.36. The van der Waals surface area contributed by atoms with Crippen LogP contribution in [-0.4, -0.2) is 0 Å². The third-order valence-corrected chi connectivity index (χ3v) is 4.77. The lowest BCUT2D eigenvalue weighted by Gasteiger charge is -2.05. The van der Waals surface area contributed by atoms with Gasteiger partial charge in [0.25, 0.3) is 0 Å². The lowest BCUT2D eigenvalue weighted by Crippen LogP contribution is -1.85. The van der Waals surface area contributed by atoms with Gasteiger partial charge in [-0.05, 0) is 28.2 Å². The largest absolute Gasteiger partial charge is 0.112 e. The Morgan fingerprint density at radius 2 is 1.12 bits per heavy atom. The van der Waals surface area contributed by atoms with Crippen LogP contribution < -0.4 is 0 Å². The average Bonchev–Trinajstić information content (AvgIpc) is 3.31. The Bertz CT molecular complexity index is 841. The highest BCUT2D eigenvalue weighted by molar-refractivity contribution is 5.80. The molecule has 0 aromatic heterocycles. The Kier molecular flexibility index (Phi) is 3.91. The Balaban J connectivity index is 1.84. The molecule has 0 heterocycles. The molecule has 2 atom stereocenters. The summed E-state index contributed by atoms with van der Waals surface area (Å²) in [5.41, 5.74) is 10.2. The first kappa shape index (κ1) is 14.8. The molecule has 0 bridgehead atoms. The van der Waals surface area contributed by atoms with Gasteiger partial charge in [0.1, 0.15) is 0 Å². The molecular formula is C24H20. The molecule has 24 heavy (non-hydrogen) atoms. The van der Waals surface area contributed by atoms with Crippen molar-refractivity contribution in [1.29, 1.82) is 0 Å². The average molecular weight is 308 g/mol. The van der Waals surface area contributed by atoms with Crippen LogP contribution in [0.15, 0.2) is 102 Å². The summed E-state index contributed by atoms with van der Waals surface area (Å²) in [6, 6.07) is 31.9. The molecule has 4 rings (SSSR count). The van der Waals surface area contributed by atoms with Crippen molar-refractivity contribution >= 4 is 5.57 Å². The Morgan fingerprint density at radius 1 is 0.667 bits per heavy atom. The third kappa shape index (κ3) is 2.85. The maximum atomic E-state index is 3.76. The van der Waals surface area contributed by atoms with Gasteiger partial charge >= 0.3 is 0 Å². The van der Waals surface area contributed by atoms with Gasteiger partial charge in [-0.3, -0.25) is 0 Å². The van der Waals surface area contributed by atoms with Crippen molar-refractivity contribution in [3.05, 3.63) is 119 Å². The molecular weight excluding hydrogens is 288 g/mol. The quantitative estimate of drug-likeness (QED) is 0.515. The summed E-state index contributed by atoms with van der Waals surface area (Å²) in [5.74, 6) is 1.07. The lowest BCUT2D eigenvalue weighted by molar-refractivity contribution is 0.920. The molecule has 0 aliphatic heterocycles. The van der Waals surface area contributed by atoms with Crippen molar-refractivity contribution in [1.82, 2.24) is 0 Å². The third-order valence-electron chi connectivity index (χ3n) is 4.77. The van der Waals surface area contributed by atoms with Crippen LogP contribution in [0.1, 0.15) is 29.5 Å². The zero-order valence-corrected chi connectivity index (χ0v) is 13.8. The van der Waals surface area contributed by atoms with Crippen LogP contribution in [0.4, 0.5) is 0 Å². The lowest BCUT2D eigenvalue weighted by atomic mass is 9.98. The SMILES string of the molecule is CC1C(=C=C(c2ccccc2)c2ccccc2)C1c1ccccc1. The topological polar surface area (TPSA) is 0 Å². The zero-order valence-electron chi connectivity index (χ0n) is 13.8. The first-order valence-corrected chi connectivity index (χ1v) is 8.51. The van der Waals surface area contributed by atoms with Crippen molar-refractivity contribution in [2.75, 3.05) is 0 Å². The minimum Gasteiger partial charge on any atom is -0.112 e. The van der Waals surface area contributed by atoms with Crippen molar-refractivity contribution < 1.29 is 0 Å². The minimum absolute atomic E-state index is 0.508. The highest BCUT2D eigenvalue weighted by atomic mass is 14.4. The van der Waals surface area contributed by atoms with Gasteiger partial charge in [-0.2, -0.15) is 0 Å². The highest BCUT2D eigenvalue weighted by Gasteiger charge is 2.41. The summed E-state index contributed by atoms with van der Waals surface area (Å²) in [5, 5.41) is 0. The predicted molar refractivity (Wildman–Crippen MR) is 101 cm³/mol. The standard InChI is InChI=1S/C24H20/c1-18-22(24(18)21-15-9-4-10-16-21)17-23(19-11-5-2-6-12-19)20-13-7-3-8-14-20/h2-16,18,24H,1H3. The molecule has 2 unspecified atom stereocenters. The van der Waals surface area contributed by atoms with Gasteiger partial charge in [0, 0.05) is 11.5 Å². The summed E-state index contributed by atoms with van der Waals surface area (Å²) in [7, 11) is 0. The van der Waals surface area contributed by atoms with Gasteiger partial charge < -0.3 is 0 Å². The smallest absolute Gasteiger partial charge is 0.0309 e. The van der Waals surface area contributed by atoms with E-state index in [1.807, 2.05) is 0 Å². The maximum Gasteiger partial charge on any atom is 0.0309 e. The first-order valence-electron chi connectivity index (χ1n) is 8.51. The number of hydrogen-bond donors (Lipinski definition) is 0. The Hall–Kier alpha value is -2.82. The van der Waals surface area contributed by atoms with E-state index in [4.69, 9.17) is 0 Å². The Morgan fingerprint density at radius 3 is 1.62 bits per heavy atom. The molecule has 1 fully saturated rings. The fourth-order valence-electron chi connectivity index (χ4n) is 3.38. The van der Waals surface area contributed by atoms with Gasteiger partial charge in [-0.25, -0.2) is 0 Å². The van der Waals surface area contributed by atoms with Crippen LogP contribution >= 0.6 is 0 Å². The van der Waals surface area contributed by atoms with Crippen LogP contribution in [0.25, 0.3) is 5.57 Å². The van der Waals surface area contributed by atoms with E-state index in [0.29, 0.717) is 11.8 Å². The van der Waals surface area contributed by atoms with Gasteiger partial charge in [0.05, 0.1) is 0 Å². The van der Waals surface area contributed by atoms with E-state index in [-0.39, 0.29) is 0 Å². The monoisotopic (exact) mass is 308 g/mol. The van der Waals surface area contributed by atoms with Crippen molar-refractivity contribution in [3.63, 3.8) is 0 Å². The van der Waals surface area contributed by atoms with Crippen molar-refractivity contribution in [3.8, 4) is 0 Å². The van der Waals surface area contributed by atoms with Crippen LogP contribution in [-0.2, 0) is 0 Å². The Labute approximate surface area is 143 Å². The fraction of sp³-hybridized carbons (Fsp3) is 0.125. The number of benzene rings is 3. The zero-order chi connectivity index (χ0) is 16.4. The second-order valence-corrected chi connectivity index (χ2v) is 6.36. The van der Waals surface area contributed by atoms with E-state index < -0.39 is 0 Å². The van der Waals surface area contributed by atoms with E-state index in [1.165, 1.54) is 27.8 Å². The van der Waals surface area contributed by atoms with Crippen LogP contribution in [0.2, 0.25) is 0 Å². The molecule has 3 aromatic carbocycles. The summed E-state index contributed by atoms with van der Waals surface area (Å²) < 4.78 is 0. The number of allylic oxidation sites excluding steroid dienone is 1. The summed E-state index contributed by atoms with van der Waals surface area (Å²) in [6.45, 7) is 2.30. The molecule has 3 aromatic rings. The first-order chi connectivity index (χ1) is 11.8. The maximum absolute atomic E-state index is 3.76. The van der Waals surface area contributed by atoms with Crippen LogP contribution in [0.3, 0.4) is 0 Å². The summed E-state index contributed by atoms with van der Waals surface area (Å²) >= 11 is 0. The molecule has 1 aliphatic carbocycles. The number of hydrogen-bond acceptors (Lipinski definition) is 0. The molecule has 0 spiro atoms. The molecule has 0 saturated heterocycles. The van der Waals surface area contributed by atoms with Gasteiger partial charge in [0.15, 0.2) is 0 Å². The van der Waals surface area contributed by atoms with Crippen molar-refractivity contribution in [2.24, 2.45) is 5.92 Å². The van der Waals surface area contributed by atoms with E-state index >= 15 is 0 Å². The molecule has 1 aliphatic rings. The van der Waals surface area contributed by atoms with E-state index in [9.17, 15) is 0 Å². The molecule has 0 N–H and O–H groups in total. The molecule has 0 nitrogen and oxygen atoms in total. The van der Waals surface area contributed by atoms with E-state index in [0.717, 1.165) is 0 Å². The minimum atomic E-state index is 0.508. The predicted octanol–water partition coefficient (Wildman–Crippen LogP) is 6.08. The van der Waals surface area contributed by atoms with E-state index in [2.05, 4.69) is 104 Å². The molecule has 1 saturated carbocycles. The second kappa shape index (κ2) is 6.35. The summed E-state index contributed by atoms with van der Waals surface area (Å²) in [6.07, 6.45) is 0. The molecule has 0 amide bonds. The molecule has 0 heteroatoms. The van der Waals surface area contributed by atoms with Crippen molar-refractivity contribution in [2.45, 2.75) is 12.8 Å². The van der Waals surface area contributed by atoms with Crippen LogP contribution in [0.5, 0.6) is 0 Å². The van der Waals surface area contributed by atoms with E-state index in [1.54, 1.807) is 0 Å². The normalized spacial score (nSPS) is 18.8. The molecule has 116 valence electrons.